The Balaban J connectivity index is 2.44. The zero-order valence-corrected chi connectivity index (χ0v) is 11.9. The highest BCUT2D eigenvalue weighted by atomic mass is 19.4. The van der Waals surface area contributed by atoms with Crippen LogP contribution in [0.15, 0.2) is 18.6 Å². The van der Waals surface area contributed by atoms with Crippen molar-refractivity contribution >= 4 is 0 Å². The molecule has 0 aromatic carbocycles. The van der Waals surface area contributed by atoms with Crippen LogP contribution in [0.25, 0.3) is 11.5 Å². The van der Waals surface area contributed by atoms with Gasteiger partial charge < -0.3 is 9.88 Å². The predicted molar refractivity (Wildman–Crippen MR) is 71.4 cm³/mol. The molecule has 0 aliphatic rings. The Labute approximate surface area is 120 Å². The van der Waals surface area contributed by atoms with Crippen LogP contribution in [0.1, 0.15) is 31.3 Å². The van der Waals surface area contributed by atoms with Crippen LogP contribution in [0.2, 0.25) is 0 Å². The highest BCUT2D eigenvalue weighted by molar-refractivity contribution is 5.49. The Morgan fingerprint density at radius 1 is 1.24 bits per heavy atom. The number of hydrogen-bond acceptors (Lipinski definition) is 4. The Kier molecular flexibility index (Phi) is 4.26. The maximum absolute atomic E-state index is 12.8. The first kappa shape index (κ1) is 15.4. The maximum Gasteiger partial charge on any atom is 0.434 e. The number of nitrogens with zero attached hydrogens (tertiary/aromatic N) is 4. The molecule has 0 unspecified atom stereocenters. The molecule has 8 heteroatoms. The lowest BCUT2D eigenvalue weighted by Gasteiger charge is -2.10. The quantitative estimate of drug-likeness (QED) is 0.943. The molecular weight excluding hydrogens is 283 g/mol. The monoisotopic (exact) mass is 299 g/mol. The molecular formula is C13H16F3N5. The normalized spacial score (nSPS) is 12.1. The molecule has 2 rings (SSSR count). The zero-order valence-electron chi connectivity index (χ0n) is 11.9. The van der Waals surface area contributed by atoms with Crippen molar-refractivity contribution < 1.29 is 13.2 Å². The molecule has 0 radical (unpaired) electrons. The van der Waals surface area contributed by atoms with Crippen LogP contribution >= 0.6 is 0 Å². The van der Waals surface area contributed by atoms with Crippen LogP contribution in [0.5, 0.6) is 0 Å². The molecule has 0 aliphatic carbocycles. The molecule has 21 heavy (non-hydrogen) atoms. The summed E-state index contributed by atoms with van der Waals surface area (Å²) >= 11 is 0. The highest BCUT2D eigenvalue weighted by Gasteiger charge is 2.35. The number of alkyl halides is 3. The summed E-state index contributed by atoms with van der Waals surface area (Å²) in [6.07, 6.45) is -0.510. The van der Waals surface area contributed by atoms with Crippen LogP contribution in [0.4, 0.5) is 13.2 Å². The minimum Gasteiger partial charge on any atom is -0.326 e. The van der Waals surface area contributed by atoms with E-state index in [9.17, 15) is 13.2 Å². The summed E-state index contributed by atoms with van der Waals surface area (Å²) in [5, 5.41) is 2.92. The molecule has 0 saturated carbocycles. The van der Waals surface area contributed by atoms with Gasteiger partial charge in [0.05, 0.1) is 18.1 Å². The molecule has 0 spiro atoms. The Hall–Kier alpha value is -1.96. The van der Waals surface area contributed by atoms with Gasteiger partial charge in [0.2, 0.25) is 0 Å². The first-order chi connectivity index (χ1) is 9.82. The van der Waals surface area contributed by atoms with Crippen molar-refractivity contribution in [3.8, 4) is 11.5 Å². The second-order valence-corrected chi connectivity index (χ2v) is 4.87. The average Bonchev–Trinajstić information content (AvgIpc) is 2.85. The van der Waals surface area contributed by atoms with Gasteiger partial charge in [-0.15, -0.1) is 0 Å². The summed E-state index contributed by atoms with van der Waals surface area (Å²) in [5.41, 5.74) is 0.103. The van der Waals surface area contributed by atoms with Gasteiger partial charge in [0.15, 0.2) is 11.5 Å². The first-order valence-corrected chi connectivity index (χ1v) is 6.45. The Morgan fingerprint density at radius 3 is 2.43 bits per heavy atom. The summed E-state index contributed by atoms with van der Waals surface area (Å²) in [6, 6.07) is -0.164. The fraction of sp³-hybridized carbons (Fsp3) is 0.462. The average molecular weight is 299 g/mol. The number of imidazole rings is 1. The van der Waals surface area contributed by atoms with Crippen molar-refractivity contribution in [1.29, 1.82) is 0 Å². The van der Waals surface area contributed by atoms with Crippen LogP contribution in [0, 0.1) is 0 Å². The number of halogens is 3. The van der Waals surface area contributed by atoms with E-state index in [0.29, 0.717) is 17.9 Å². The summed E-state index contributed by atoms with van der Waals surface area (Å²) in [4.78, 5) is 12.0. The van der Waals surface area contributed by atoms with Crippen molar-refractivity contribution in [3.05, 3.63) is 30.0 Å². The Bertz CT molecular complexity index is 601. The van der Waals surface area contributed by atoms with Gasteiger partial charge in [-0.05, 0) is 20.9 Å². The fourth-order valence-electron chi connectivity index (χ4n) is 1.86. The van der Waals surface area contributed by atoms with Crippen LogP contribution in [-0.2, 0) is 12.7 Å². The van der Waals surface area contributed by atoms with Crippen LogP contribution in [0.3, 0.4) is 0 Å². The minimum atomic E-state index is -4.48. The number of rotatable bonds is 4. The third-order valence-electron chi connectivity index (χ3n) is 2.87. The molecule has 0 aliphatic heterocycles. The van der Waals surface area contributed by atoms with Crippen molar-refractivity contribution in [2.75, 3.05) is 7.05 Å². The standard InChI is InChI=1S/C13H16F3N5/c1-8(2)21-7-11(13(14,15)16)20-12(21)10-6-18-9(4-17-3)5-19-10/h5-8,17H,4H2,1-3H3. The van der Waals surface area contributed by atoms with E-state index in [1.165, 1.54) is 17.0 Å². The minimum absolute atomic E-state index is 0.164. The molecule has 0 amide bonds. The van der Waals surface area contributed by atoms with Gasteiger partial charge in [-0.1, -0.05) is 0 Å². The molecule has 0 bridgehead atoms. The topological polar surface area (TPSA) is 55.6 Å². The van der Waals surface area contributed by atoms with Gasteiger partial charge in [-0.2, -0.15) is 13.2 Å². The van der Waals surface area contributed by atoms with E-state index in [1.54, 1.807) is 20.9 Å². The molecule has 0 fully saturated rings. The molecule has 2 heterocycles. The summed E-state index contributed by atoms with van der Waals surface area (Å²) < 4.78 is 39.9. The summed E-state index contributed by atoms with van der Waals surface area (Å²) in [6.45, 7) is 4.11. The van der Waals surface area contributed by atoms with E-state index >= 15 is 0 Å². The van der Waals surface area contributed by atoms with Crippen molar-refractivity contribution in [2.45, 2.75) is 32.6 Å². The molecule has 2 aromatic heterocycles. The number of aromatic nitrogens is 4. The van der Waals surface area contributed by atoms with E-state index in [2.05, 4.69) is 20.3 Å². The van der Waals surface area contributed by atoms with Crippen molar-refractivity contribution in [3.63, 3.8) is 0 Å². The smallest absolute Gasteiger partial charge is 0.326 e. The highest BCUT2D eigenvalue weighted by Crippen LogP contribution is 2.31. The zero-order chi connectivity index (χ0) is 15.6. The van der Waals surface area contributed by atoms with Gasteiger partial charge >= 0.3 is 6.18 Å². The van der Waals surface area contributed by atoms with Crippen molar-refractivity contribution in [1.82, 2.24) is 24.8 Å². The number of hydrogen-bond donors (Lipinski definition) is 1. The molecule has 0 saturated heterocycles. The predicted octanol–water partition coefficient (Wildman–Crippen LogP) is 2.66. The lowest BCUT2D eigenvalue weighted by atomic mass is 10.3. The van der Waals surface area contributed by atoms with E-state index in [0.717, 1.165) is 6.20 Å². The van der Waals surface area contributed by atoms with E-state index in [-0.39, 0.29) is 11.9 Å². The maximum atomic E-state index is 12.8. The molecule has 2 aromatic rings. The second-order valence-electron chi connectivity index (χ2n) is 4.87. The number of nitrogens with one attached hydrogen (secondary N) is 1. The lowest BCUT2D eigenvalue weighted by Crippen LogP contribution is -2.08. The summed E-state index contributed by atoms with van der Waals surface area (Å²) in [5.74, 6) is 0.167. The second kappa shape index (κ2) is 5.80. The molecule has 114 valence electrons. The molecule has 1 N–H and O–H groups in total. The molecule has 5 nitrogen and oxygen atoms in total. The van der Waals surface area contributed by atoms with Crippen LogP contribution in [-0.4, -0.2) is 26.6 Å². The lowest BCUT2D eigenvalue weighted by molar-refractivity contribution is -0.140. The SMILES string of the molecule is CNCc1cnc(-c2nc(C(F)(F)F)cn2C(C)C)cn1. The van der Waals surface area contributed by atoms with E-state index < -0.39 is 11.9 Å². The molecule has 0 atom stereocenters. The third kappa shape index (κ3) is 3.38. The fourth-order valence-corrected chi connectivity index (χ4v) is 1.86. The Morgan fingerprint density at radius 2 is 1.95 bits per heavy atom. The van der Waals surface area contributed by atoms with Crippen molar-refractivity contribution in [2.24, 2.45) is 0 Å². The largest absolute Gasteiger partial charge is 0.434 e. The van der Waals surface area contributed by atoms with Gasteiger partial charge in [0, 0.05) is 18.8 Å². The van der Waals surface area contributed by atoms with Gasteiger partial charge in [0.1, 0.15) is 5.69 Å². The summed E-state index contributed by atoms with van der Waals surface area (Å²) in [7, 11) is 1.77. The third-order valence-corrected chi connectivity index (χ3v) is 2.87. The van der Waals surface area contributed by atoms with E-state index in [4.69, 9.17) is 0 Å². The van der Waals surface area contributed by atoms with Crippen LogP contribution < -0.4 is 5.32 Å². The van der Waals surface area contributed by atoms with E-state index in [1.807, 2.05) is 0 Å². The van der Waals surface area contributed by atoms with Gasteiger partial charge in [-0.3, -0.25) is 4.98 Å². The first-order valence-electron chi connectivity index (χ1n) is 6.45. The van der Waals surface area contributed by atoms with Gasteiger partial charge in [-0.25, -0.2) is 9.97 Å². The van der Waals surface area contributed by atoms with Gasteiger partial charge in [0.25, 0.3) is 0 Å².